The zero-order valence-electron chi connectivity index (χ0n) is 28.7. The number of carbonyl (C=O) groups excluding carboxylic acids is 4. The molecule has 1 aromatic carbocycles. The van der Waals surface area contributed by atoms with Crippen LogP contribution in [-0.2, 0) is 43.5 Å². The minimum Gasteiger partial charge on any atom is -0.593 e. The molecule has 1 unspecified atom stereocenters. The van der Waals surface area contributed by atoms with Crippen LogP contribution in [0.3, 0.4) is 0 Å². The van der Waals surface area contributed by atoms with Gasteiger partial charge in [0.25, 0.3) is 5.91 Å². The maximum atomic E-state index is 12.7. The molecule has 0 bridgehead atoms. The number of fused-ring (bicyclic) bond motifs is 1. The van der Waals surface area contributed by atoms with Crippen molar-refractivity contribution in [2.75, 3.05) is 20.8 Å². The first-order chi connectivity index (χ1) is 23.3. The minimum atomic E-state index is -1.62. The molecule has 1 aromatic rings. The summed E-state index contributed by atoms with van der Waals surface area (Å²) in [6, 6.07) is 5.08. The number of alkyl carbamates (subject to hydrolysis) is 1. The molecule has 4 amide bonds. The van der Waals surface area contributed by atoms with Crippen LogP contribution in [0, 0.1) is 0 Å². The molecule has 0 aromatic heterocycles. The predicted octanol–water partition coefficient (Wildman–Crippen LogP) is 3.57. The van der Waals surface area contributed by atoms with Crippen LogP contribution in [0.15, 0.2) is 48.6 Å². The van der Waals surface area contributed by atoms with Crippen molar-refractivity contribution in [2.24, 2.45) is 11.5 Å². The number of nitrogens with one attached hydrogen (secondary N) is 1. The van der Waals surface area contributed by atoms with Gasteiger partial charge in [0, 0.05) is 19.4 Å². The molecule has 1 aliphatic carbocycles. The highest BCUT2D eigenvalue weighted by atomic mass is 32.2. The van der Waals surface area contributed by atoms with Gasteiger partial charge >= 0.3 is 12.2 Å². The van der Waals surface area contributed by atoms with Gasteiger partial charge < -0.3 is 35.9 Å². The van der Waals surface area contributed by atoms with Gasteiger partial charge in [-0.1, -0.05) is 61.9 Å². The standard InChI is InChI=1S/C35H51N5O8S/c1-24(13-10-11-14-25-15-12-16-26-21-40(22-28(25)26)34(45)47-4)23-48-33(44)38-29(31(36)42)17-8-6-5-7-9-18-30(41)35(2,37)32(43)39(3)49(46)27-19-20-27/h9,11-12,14-16,18,27,29-30,41H,1,5-8,10,13,17,19-23,37H2,2-4H3,(H2,36,42)(H,38,44)/b14-11+,18-9-/t29-,30-,35+,49?/m0/s1. The third kappa shape index (κ3) is 11.9. The topological polar surface area (TPSA) is 201 Å². The monoisotopic (exact) mass is 701 g/mol. The maximum absolute atomic E-state index is 12.7. The second kappa shape index (κ2) is 18.8. The molecule has 0 saturated heterocycles. The minimum absolute atomic E-state index is 0.000270. The van der Waals surface area contributed by atoms with Crippen molar-refractivity contribution >= 4 is 41.4 Å². The molecular weight excluding hydrogens is 650 g/mol. The summed E-state index contributed by atoms with van der Waals surface area (Å²) in [5.74, 6) is -1.25. The van der Waals surface area contributed by atoms with E-state index in [0.29, 0.717) is 50.8 Å². The number of rotatable bonds is 19. The fourth-order valence-corrected chi connectivity index (χ4v) is 6.67. The number of nitrogens with two attached hydrogens (primary N) is 2. The molecule has 14 heteroatoms. The van der Waals surface area contributed by atoms with Gasteiger partial charge in [0.2, 0.25) is 5.91 Å². The van der Waals surface area contributed by atoms with Gasteiger partial charge in [0.05, 0.1) is 38.2 Å². The van der Waals surface area contributed by atoms with Crippen LogP contribution in [0.1, 0.15) is 81.4 Å². The summed E-state index contributed by atoms with van der Waals surface area (Å²) in [6.45, 7) is 6.41. The normalized spacial score (nSPS) is 17.2. The molecule has 49 heavy (non-hydrogen) atoms. The number of nitrogens with zero attached hydrogens (tertiary/aromatic N) is 2. The van der Waals surface area contributed by atoms with Crippen LogP contribution >= 0.6 is 0 Å². The molecule has 270 valence electrons. The quantitative estimate of drug-likeness (QED) is 0.0946. The summed E-state index contributed by atoms with van der Waals surface area (Å²) < 4.78 is 23.5. The maximum Gasteiger partial charge on any atom is 0.410 e. The Morgan fingerprint density at radius 1 is 1.20 bits per heavy atom. The number of unbranched alkanes of at least 4 members (excludes halogenated alkanes) is 3. The Morgan fingerprint density at radius 3 is 2.61 bits per heavy atom. The van der Waals surface area contributed by atoms with E-state index >= 15 is 0 Å². The van der Waals surface area contributed by atoms with Gasteiger partial charge in [0.1, 0.15) is 23.4 Å². The molecule has 1 heterocycles. The SMILES string of the molecule is C=C(CC/C=C/c1cccc2c1CN(C(=O)OC)C2)COC(=O)N[C@@H](CCCCC/C=C\[C@H](O)[C@@](C)(N)C(=O)N(C)[S+]([O-])C1CC1)C(N)=O. The van der Waals surface area contributed by atoms with Crippen molar-refractivity contribution in [1.29, 1.82) is 0 Å². The van der Waals surface area contributed by atoms with Crippen molar-refractivity contribution in [3.8, 4) is 0 Å². The number of likely N-dealkylation sites (N-methyl/N-ethyl adjacent to an activating group) is 1. The van der Waals surface area contributed by atoms with Crippen LogP contribution in [0.4, 0.5) is 9.59 Å². The molecule has 3 rings (SSSR count). The lowest BCUT2D eigenvalue weighted by Crippen LogP contribution is -2.60. The third-order valence-corrected chi connectivity index (χ3v) is 10.3. The number of aliphatic hydroxyl groups excluding tert-OH is 1. The lowest BCUT2D eigenvalue weighted by Gasteiger charge is -2.31. The molecule has 1 saturated carbocycles. The highest BCUT2D eigenvalue weighted by Crippen LogP contribution is 2.31. The van der Waals surface area contributed by atoms with Crippen LogP contribution in [-0.4, -0.2) is 86.6 Å². The van der Waals surface area contributed by atoms with Gasteiger partial charge in [-0.3, -0.25) is 14.5 Å². The first kappa shape index (κ1) is 39.6. The number of carbonyl (C=O) groups is 4. The van der Waals surface area contributed by atoms with Crippen LogP contribution in [0.5, 0.6) is 0 Å². The van der Waals surface area contributed by atoms with Crippen LogP contribution < -0.4 is 16.8 Å². The molecular formula is C35H51N5O8S. The number of benzene rings is 1. The molecule has 0 radical (unpaired) electrons. The smallest absolute Gasteiger partial charge is 0.410 e. The number of allylic oxidation sites excluding steroid dienone is 2. The zero-order chi connectivity index (χ0) is 36.1. The van der Waals surface area contributed by atoms with Crippen molar-refractivity contribution in [3.63, 3.8) is 0 Å². The summed E-state index contributed by atoms with van der Waals surface area (Å²) in [7, 11) is 2.81. The average molecular weight is 702 g/mol. The Hall–Kier alpha value is -3.85. The largest absolute Gasteiger partial charge is 0.593 e. The predicted molar refractivity (Wildman–Crippen MR) is 188 cm³/mol. The molecule has 0 spiro atoms. The van der Waals surface area contributed by atoms with E-state index in [4.69, 9.17) is 20.9 Å². The zero-order valence-corrected chi connectivity index (χ0v) is 29.5. The van der Waals surface area contributed by atoms with Gasteiger partial charge in [-0.15, -0.1) is 0 Å². The molecule has 2 aliphatic rings. The Balaban J connectivity index is 1.30. The highest BCUT2D eigenvalue weighted by Gasteiger charge is 2.46. The molecule has 6 N–H and O–H groups in total. The second-order valence-corrected chi connectivity index (χ2v) is 14.5. The van der Waals surface area contributed by atoms with Crippen LogP contribution in [0.2, 0.25) is 0 Å². The van der Waals surface area contributed by atoms with E-state index in [-0.39, 0.29) is 18.0 Å². The van der Waals surface area contributed by atoms with Gasteiger partial charge in [-0.2, -0.15) is 4.31 Å². The van der Waals surface area contributed by atoms with Gasteiger partial charge in [-0.05, 0) is 61.3 Å². The number of methoxy groups -OCH3 is 1. The van der Waals surface area contributed by atoms with Crippen molar-refractivity contribution < 1.29 is 38.3 Å². The van der Waals surface area contributed by atoms with E-state index in [1.54, 1.807) is 11.0 Å². The lowest BCUT2D eigenvalue weighted by molar-refractivity contribution is -0.133. The fourth-order valence-electron chi connectivity index (χ4n) is 5.32. The van der Waals surface area contributed by atoms with E-state index in [1.165, 1.54) is 27.2 Å². The third-order valence-electron chi connectivity index (χ3n) is 8.58. The number of ether oxygens (including phenoxy) is 2. The summed E-state index contributed by atoms with van der Waals surface area (Å²) in [5.41, 5.74) is 13.9. The average Bonchev–Trinajstić information content (AvgIpc) is 3.84. The Morgan fingerprint density at radius 2 is 1.94 bits per heavy atom. The molecule has 4 atom stereocenters. The van der Waals surface area contributed by atoms with E-state index in [0.717, 1.165) is 46.7 Å². The fraction of sp³-hybridized carbons (Fsp3) is 0.543. The number of hydrogen-bond acceptors (Lipinski definition) is 9. The Labute approximate surface area is 292 Å². The van der Waals surface area contributed by atoms with E-state index in [1.807, 2.05) is 30.4 Å². The van der Waals surface area contributed by atoms with Crippen molar-refractivity contribution in [1.82, 2.24) is 14.5 Å². The number of amides is 4. The highest BCUT2D eigenvalue weighted by molar-refractivity contribution is 7.90. The summed E-state index contributed by atoms with van der Waals surface area (Å²) in [5, 5.41) is 13.0. The first-order valence-electron chi connectivity index (χ1n) is 16.6. The summed E-state index contributed by atoms with van der Waals surface area (Å²) in [6.07, 6.45) is 10.8. The van der Waals surface area contributed by atoms with E-state index in [9.17, 15) is 28.8 Å². The molecule has 1 aliphatic heterocycles. The van der Waals surface area contributed by atoms with Gasteiger partial charge in [0.15, 0.2) is 0 Å². The molecule has 13 nitrogen and oxygen atoms in total. The van der Waals surface area contributed by atoms with Gasteiger partial charge in [-0.25, -0.2) is 9.59 Å². The summed E-state index contributed by atoms with van der Waals surface area (Å²) in [4.78, 5) is 50.5. The molecule has 1 fully saturated rings. The lowest BCUT2D eigenvalue weighted by atomic mass is 9.94. The first-order valence-corrected chi connectivity index (χ1v) is 17.7. The summed E-state index contributed by atoms with van der Waals surface area (Å²) >= 11 is -1.45. The number of hydrogen-bond donors (Lipinski definition) is 4. The Kier molecular flexibility index (Phi) is 15.2. The number of primary amides is 1. The van der Waals surface area contributed by atoms with Crippen LogP contribution in [0.25, 0.3) is 6.08 Å². The Bertz CT molecular complexity index is 1400. The second-order valence-electron chi connectivity index (χ2n) is 12.7. The van der Waals surface area contributed by atoms with E-state index < -0.39 is 47.0 Å². The van der Waals surface area contributed by atoms with Crippen molar-refractivity contribution in [2.45, 2.75) is 101 Å². The van der Waals surface area contributed by atoms with E-state index in [2.05, 4.69) is 11.9 Å². The number of aliphatic hydroxyl groups is 1. The van der Waals surface area contributed by atoms with Crippen molar-refractivity contribution in [3.05, 3.63) is 65.3 Å².